The van der Waals surface area contributed by atoms with Gasteiger partial charge in [0.2, 0.25) is 0 Å². The smallest absolute Gasteiger partial charge is 0.149 e. The van der Waals surface area contributed by atoms with Crippen molar-refractivity contribution < 1.29 is 10.2 Å². The van der Waals surface area contributed by atoms with Crippen molar-refractivity contribution in [3.8, 4) is 28.6 Å². The SMILES string of the molecule is CC(C)(C)c1cc(-n2c(-c3cc(Br)ccc3O)nc3ccccc32)cc(C(C)(C)C)c1O. The number of aromatic nitrogens is 2. The van der Waals surface area contributed by atoms with Gasteiger partial charge in [0.05, 0.1) is 16.6 Å². The molecule has 4 aromatic rings. The lowest BCUT2D eigenvalue weighted by Gasteiger charge is -2.28. The average molecular weight is 493 g/mol. The van der Waals surface area contributed by atoms with E-state index in [9.17, 15) is 10.2 Å². The van der Waals surface area contributed by atoms with Crippen molar-refractivity contribution in [3.05, 3.63) is 70.2 Å². The highest BCUT2D eigenvalue weighted by Gasteiger charge is 2.28. The van der Waals surface area contributed by atoms with Gasteiger partial charge >= 0.3 is 0 Å². The molecule has 0 spiro atoms. The molecule has 0 saturated carbocycles. The molecule has 32 heavy (non-hydrogen) atoms. The van der Waals surface area contributed by atoms with Crippen LogP contribution in [-0.4, -0.2) is 19.8 Å². The largest absolute Gasteiger partial charge is 0.507 e. The third-order valence-electron chi connectivity index (χ3n) is 5.73. The Morgan fingerprint density at radius 3 is 2.00 bits per heavy atom. The molecule has 3 aromatic carbocycles. The molecule has 4 nitrogen and oxygen atoms in total. The maximum atomic E-state index is 11.2. The number of imidazole rings is 1. The molecule has 0 aliphatic rings. The molecule has 0 saturated heterocycles. The zero-order valence-corrected chi connectivity index (χ0v) is 20.9. The van der Waals surface area contributed by atoms with Crippen molar-refractivity contribution >= 4 is 27.0 Å². The number of aromatic hydroxyl groups is 2. The van der Waals surface area contributed by atoms with Gasteiger partial charge in [-0.05, 0) is 53.3 Å². The Labute approximate surface area is 197 Å². The van der Waals surface area contributed by atoms with Crippen molar-refractivity contribution in [3.63, 3.8) is 0 Å². The van der Waals surface area contributed by atoms with Gasteiger partial charge in [0.1, 0.15) is 17.3 Å². The summed E-state index contributed by atoms with van der Waals surface area (Å²) in [5, 5.41) is 21.9. The van der Waals surface area contributed by atoms with Crippen LogP contribution in [0.5, 0.6) is 11.5 Å². The topological polar surface area (TPSA) is 58.3 Å². The first kappa shape index (κ1) is 22.4. The lowest BCUT2D eigenvalue weighted by Crippen LogP contribution is -2.18. The Morgan fingerprint density at radius 2 is 1.41 bits per heavy atom. The van der Waals surface area contributed by atoms with Crippen LogP contribution in [0.25, 0.3) is 28.1 Å². The lowest BCUT2D eigenvalue weighted by atomic mass is 9.79. The summed E-state index contributed by atoms with van der Waals surface area (Å²) in [6.07, 6.45) is 0. The summed E-state index contributed by atoms with van der Waals surface area (Å²) in [5.74, 6) is 1.15. The number of halogens is 1. The van der Waals surface area contributed by atoms with E-state index in [0.717, 1.165) is 32.3 Å². The monoisotopic (exact) mass is 492 g/mol. The van der Waals surface area contributed by atoms with Gasteiger partial charge < -0.3 is 10.2 Å². The van der Waals surface area contributed by atoms with Crippen molar-refractivity contribution in [2.45, 2.75) is 52.4 Å². The van der Waals surface area contributed by atoms with Crippen LogP contribution in [0, 0.1) is 0 Å². The number of nitrogens with zero attached hydrogens (tertiary/aromatic N) is 2. The van der Waals surface area contributed by atoms with E-state index in [1.54, 1.807) is 6.07 Å². The van der Waals surface area contributed by atoms with Crippen molar-refractivity contribution in [2.75, 3.05) is 0 Å². The third-order valence-corrected chi connectivity index (χ3v) is 6.22. The lowest BCUT2D eigenvalue weighted by molar-refractivity contribution is 0.423. The fraction of sp³-hybridized carbons (Fsp3) is 0.296. The second-order valence-electron chi connectivity index (χ2n) is 10.3. The summed E-state index contributed by atoms with van der Waals surface area (Å²) in [6, 6.07) is 17.4. The zero-order valence-electron chi connectivity index (χ0n) is 19.4. The van der Waals surface area contributed by atoms with Crippen LogP contribution in [0.3, 0.4) is 0 Å². The van der Waals surface area contributed by atoms with Gasteiger partial charge in [-0.3, -0.25) is 4.57 Å². The highest BCUT2D eigenvalue weighted by Crippen LogP contribution is 2.42. The van der Waals surface area contributed by atoms with E-state index in [4.69, 9.17) is 4.98 Å². The molecule has 1 heterocycles. The second kappa shape index (κ2) is 7.66. The molecule has 0 amide bonds. The van der Waals surface area contributed by atoms with Crippen LogP contribution in [0.1, 0.15) is 52.7 Å². The molecular formula is C27H29BrN2O2. The zero-order chi connectivity index (χ0) is 23.4. The van der Waals surface area contributed by atoms with E-state index in [2.05, 4.69) is 62.0 Å². The van der Waals surface area contributed by atoms with Gasteiger partial charge in [-0.25, -0.2) is 4.98 Å². The number of para-hydroxylation sites is 2. The molecule has 166 valence electrons. The standard InChI is InChI=1S/C27H29BrN2O2/c1-26(2,3)19-14-17(15-20(24(19)32)27(4,5)6)30-22-10-8-7-9-21(22)29-25(30)18-13-16(28)11-12-23(18)31/h7-15,31-32H,1-6H3. The van der Waals surface area contributed by atoms with Crippen LogP contribution < -0.4 is 0 Å². The number of rotatable bonds is 2. The summed E-state index contributed by atoms with van der Waals surface area (Å²) in [6.45, 7) is 12.6. The van der Waals surface area contributed by atoms with Crippen LogP contribution in [0.2, 0.25) is 0 Å². The summed E-state index contributed by atoms with van der Waals surface area (Å²) in [4.78, 5) is 4.89. The minimum atomic E-state index is -0.255. The molecule has 4 rings (SSSR count). The maximum absolute atomic E-state index is 11.2. The molecule has 0 fully saturated rings. The Morgan fingerprint density at radius 1 is 0.812 bits per heavy atom. The number of benzene rings is 3. The molecule has 1 aromatic heterocycles. The molecule has 5 heteroatoms. The molecule has 0 atom stereocenters. The number of fused-ring (bicyclic) bond motifs is 1. The van der Waals surface area contributed by atoms with Crippen molar-refractivity contribution in [1.82, 2.24) is 9.55 Å². The molecule has 0 aliphatic carbocycles. The fourth-order valence-electron chi connectivity index (χ4n) is 4.05. The minimum Gasteiger partial charge on any atom is -0.507 e. The molecule has 0 bridgehead atoms. The van der Waals surface area contributed by atoms with Crippen LogP contribution >= 0.6 is 15.9 Å². The number of phenolic OH excluding ortho intramolecular Hbond substituents is 2. The summed E-state index contributed by atoms with van der Waals surface area (Å²) < 4.78 is 2.93. The van der Waals surface area contributed by atoms with E-state index < -0.39 is 0 Å². The molecule has 0 radical (unpaired) electrons. The highest BCUT2D eigenvalue weighted by molar-refractivity contribution is 9.10. The Hall–Kier alpha value is -2.79. The van der Waals surface area contributed by atoms with E-state index in [1.165, 1.54) is 0 Å². The third kappa shape index (κ3) is 3.90. The van der Waals surface area contributed by atoms with E-state index >= 15 is 0 Å². The van der Waals surface area contributed by atoms with Crippen LogP contribution in [-0.2, 0) is 10.8 Å². The van der Waals surface area contributed by atoms with Crippen molar-refractivity contribution in [1.29, 1.82) is 0 Å². The fourth-order valence-corrected chi connectivity index (χ4v) is 4.41. The predicted molar refractivity (Wildman–Crippen MR) is 135 cm³/mol. The highest BCUT2D eigenvalue weighted by atomic mass is 79.9. The van der Waals surface area contributed by atoms with Crippen LogP contribution in [0.15, 0.2) is 59.1 Å². The average Bonchev–Trinajstić information content (AvgIpc) is 3.07. The Balaban J connectivity index is 2.14. The van der Waals surface area contributed by atoms with E-state index in [0.29, 0.717) is 17.1 Å². The molecule has 0 aliphatic heterocycles. The first-order chi connectivity index (χ1) is 14.9. The quantitative estimate of drug-likeness (QED) is 0.305. The maximum Gasteiger partial charge on any atom is 0.149 e. The molecule has 0 unspecified atom stereocenters. The Kier molecular flexibility index (Phi) is 5.36. The number of hydrogen-bond donors (Lipinski definition) is 2. The first-order valence-corrected chi connectivity index (χ1v) is 11.5. The summed E-state index contributed by atoms with van der Waals surface area (Å²) in [7, 11) is 0. The predicted octanol–water partition coefficient (Wildman–Crippen LogP) is 7.46. The minimum absolute atomic E-state index is 0.163. The number of hydrogen-bond acceptors (Lipinski definition) is 3. The van der Waals surface area contributed by atoms with Gasteiger partial charge in [-0.2, -0.15) is 0 Å². The normalized spacial score (nSPS) is 12.5. The van der Waals surface area contributed by atoms with Gasteiger partial charge in [0.25, 0.3) is 0 Å². The second-order valence-corrected chi connectivity index (χ2v) is 11.2. The molecule has 2 N–H and O–H groups in total. The summed E-state index contributed by atoms with van der Waals surface area (Å²) in [5.41, 5.74) is 4.56. The molecular weight excluding hydrogens is 464 g/mol. The van der Waals surface area contributed by atoms with Gasteiger partial charge in [-0.15, -0.1) is 0 Å². The number of phenols is 2. The summed E-state index contributed by atoms with van der Waals surface area (Å²) >= 11 is 3.52. The van der Waals surface area contributed by atoms with Crippen LogP contribution in [0.4, 0.5) is 0 Å². The first-order valence-electron chi connectivity index (χ1n) is 10.7. The Bertz CT molecular complexity index is 1290. The van der Waals surface area contributed by atoms with Gasteiger partial charge in [0.15, 0.2) is 0 Å². The van der Waals surface area contributed by atoms with E-state index in [1.807, 2.05) is 48.5 Å². The van der Waals surface area contributed by atoms with Crippen molar-refractivity contribution in [2.24, 2.45) is 0 Å². The van der Waals surface area contributed by atoms with Gasteiger partial charge in [0, 0.05) is 21.3 Å². The van der Waals surface area contributed by atoms with E-state index in [-0.39, 0.29) is 16.6 Å². The van der Waals surface area contributed by atoms with Gasteiger partial charge in [-0.1, -0.05) is 69.6 Å².